The quantitative estimate of drug-likeness (QED) is 0.743. The minimum Gasteiger partial charge on any atom is -0.391 e. The number of carbonyl (C=O) groups is 1. The number of β-amino-alcohol motifs (C(OH)–C–C–N with tert-alkyl or cyclic N) is 1. The van der Waals surface area contributed by atoms with Gasteiger partial charge in [-0.05, 0) is 25.5 Å². The topological polar surface area (TPSA) is 65.5 Å². The highest BCUT2D eigenvalue weighted by molar-refractivity contribution is 5.88. The van der Waals surface area contributed by atoms with E-state index in [0.717, 1.165) is 5.69 Å². The molecule has 0 radical (unpaired) electrons. The molecule has 1 fully saturated rings. The molecule has 2 heterocycles. The third-order valence-electron chi connectivity index (χ3n) is 2.57. The van der Waals surface area contributed by atoms with Crippen molar-refractivity contribution in [3.63, 3.8) is 0 Å². The number of nitrogens with zero attached hydrogens (tertiary/aromatic N) is 2. The first-order valence-electron chi connectivity index (χ1n) is 5.33. The molecule has 1 saturated heterocycles. The van der Waals surface area contributed by atoms with Crippen LogP contribution in [0, 0.1) is 6.92 Å². The Bertz CT molecular complexity index is 395. The van der Waals surface area contributed by atoms with Crippen LogP contribution in [-0.2, 0) is 0 Å². The summed E-state index contributed by atoms with van der Waals surface area (Å²) in [5.41, 5.74) is 0.860. The number of pyridine rings is 1. The van der Waals surface area contributed by atoms with Gasteiger partial charge in [-0.1, -0.05) is 6.07 Å². The first-order chi connectivity index (χ1) is 7.65. The van der Waals surface area contributed by atoms with Crippen LogP contribution in [0.5, 0.6) is 0 Å². The van der Waals surface area contributed by atoms with E-state index in [0.29, 0.717) is 25.3 Å². The highest BCUT2D eigenvalue weighted by atomic mass is 16.3. The monoisotopic (exact) mass is 221 g/mol. The Morgan fingerprint density at radius 3 is 3.06 bits per heavy atom. The summed E-state index contributed by atoms with van der Waals surface area (Å²) >= 11 is 0. The summed E-state index contributed by atoms with van der Waals surface area (Å²) in [7, 11) is 0. The van der Waals surface area contributed by atoms with E-state index in [1.165, 1.54) is 0 Å². The average Bonchev–Trinajstić information content (AvgIpc) is 2.65. The minimum atomic E-state index is -0.392. The molecule has 5 nitrogen and oxygen atoms in total. The van der Waals surface area contributed by atoms with E-state index in [9.17, 15) is 9.90 Å². The predicted molar refractivity (Wildman–Crippen MR) is 60.2 cm³/mol. The van der Waals surface area contributed by atoms with Crippen molar-refractivity contribution in [2.75, 3.05) is 18.4 Å². The maximum absolute atomic E-state index is 11.7. The molecule has 2 rings (SSSR count). The van der Waals surface area contributed by atoms with Gasteiger partial charge in [0.15, 0.2) is 0 Å². The lowest BCUT2D eigenvalue weighted by Crippen LogP contribution is -2.33. The summed E-state index contributed by atoms with van der Waals surface area (Å²) in [5.74, 6) is 0.548. The van der Waals surface area contributed by atoms with Crippen LogP contribution in [-0.4, -0.2) is 40.2 Å². The van der Waals surface area contributed by atoms with Crippen LogP contribution >= 0.6 is 0 Å². The highest BCUT2D eigenvalue weighted by Crippen LogP contribution is 2.11. The predicted octanol–water partition coefficient (Wildman–Crippen LogP) is 0.989. The standard InChI is InChI=1S/C11H15N3O2/c1-8-3-2-4-10(12-8)13-11(16)14-6-5-9(15)7-14/h2-4,9,15H,5-7H2,1H3,(H,12,13,16)/t9-/m1/s1. The first-order valence-corrected chi connectivity index (χ1v) is 5.33. The number of carbonyl (C=O) groups excluding carboxylic acids is 1. The van der Waals surface area contributed by atoms with Crippen molar-refractivity contribution in [1.82, 2.24) is 9.88 Å². The molecule has 1 atom stereocenters. The molecular weight excluding hydrogens is 206 g/mol. The summed E-state index contributed by atoms with van der Waals surface area (Å²) in [6, 6.07) is 5.26. The second-order valence-corrected chi connectivity index (χ2v) is 3.98. The second-order valence-electron chi connectivity index (χ2n) is 3.98. The zero-order chi connectivity index (χ0) is 11.5. The fraction of sp³-hybridized carbons (Fsp3) is 0.455. The highest BCUT2D eigenvalue weighted by Gasteiger charge is 2.24. The Labute approximate surface area is 94.1 Å². The van der Waals surface area contributed by atoms with E-state index in [1.54, 1.807) is 11.0 Å². The first kappa shape index (κ1) is 10.9. The Hall–Kier alpha value is -1.62. The van der Waals surface area contributed by atoms with Gasteiger partial charge in [0.2, 0.25) is 0 Å². The number of likely N-dealkylation sites (tertiary alicyclic amines) is 1. The molecule has 0 spiro atoms. The van der Waals surface area contributed by atoms with Gasteiger partial charge in [-0.25, -0.2) is 9.78 Å². The number of hydrogen-bond acceptors (Lipinski definition) is 3. The van der Waals surface area contributed by atoms with Gasteiger partial charge in [-0.2, -0.15) is 0 Å². The summed E-state index contributed by atoms with van der Waals surface area (Å²) in [5, 5.41) is 12.0. The maximum Gasteiger partial charge on any atom is 0.323 e. The molecule has 0 aromatic carbocycles. The van der Waals surface area contributed by atoms with Crippen LogP contribution in [0.15, 0.2) is 18.2 Å². The number of aromatic nitrogens is 1. The largest absolute Gasteiger partial charge is 0.391 e. The number of amides is 2. The normalized spacial score (nSPS) is 19.9. The van der Waals surface area contributed by atoms with Crippen LogP contribution < -0.4 is 5.32 Å². The number of aryl methyl sites for hydroxylation is 1. The van der Waals surface area contributed by atoms with Crippen LogP contribution in [0.4, 0.5) is 10.6 Å². The molecule has 86 valence electrons. The second kappa shape index (κ2) is 4.49. The molecular formula is C11H15N3O2. The van der Waals surface area contributed by atoms with Crippen molar-refractivity contribution in [3.8, 4) is 0 Å². The van der Waals surface area contributed by atoms with E-state index < -0.39 is 6.10 Å². The number of urea groups is 1. The fourth-order valence-electron chi connectivity index (χ4n) is 1.73. The molecule has 1 aromatic rings. The van der Waals surface area contributed by atoms with Crippen molar-refractivity contribution in [2.24, 2.45) is 0 Å². The zero-order valence-electron chi connectivity index (χ0n) is 9.18. The number of hydrogen-bond donors (Lipinski definition) is 2. The van der Waals surface area contributed by atoms with Crippen molar-refractivity contribution < 1.29 is 9.90 Å². The lowest BCUT2D eigenvalue weighted by Gasteiger charge is -2.15. The van der Waals surface area contributed by atoms with Crippen LogP contribution in [0.25, 0.3) is 0 Å². The van der Waals surface area contributed by atoms with Crippen LogP contribution in [0.3, 0.4) is 0 Å². The molecule has 16 heavy (non-hydrogen) atoms. The SMILES string of the molecule is Cc1cccc(NC(=O)N2CC[C@@H](O)C2)n1. The van der Waals surface area contributed by atoms with Crippen molar-refractivity contribution in [3.05, 3.63) is 23.9 Å². The van der Waals surface area contributed by atoms with E-state index in [2.05, 4.69) is 10.3 Å². The van der Waals surface area contributed by atoms with Gasteiger partial charge in [-0.3, -0.25) is 5.32 Å². The molecule has 1 aliphatic rings. The van der Waals surface area contributed by atoms with Gasteiger partial charge >= 0.3 is 6.03 Å². The van der Waals surface area contributed by atoms with E-state index >= 15 is 0 Å². The Morgan fingerprint density at radius 1 is 1.62 bits per heavy atom. The number of anilines is 1. The molecule has 1 aliphatic heterocycles. The van der Waals surface area contributed by atoms with E-state index in [1.807, 2.05) is 19.1 Å². The summed E-state index contributed by atoms with van der Waals surface area (Å²) < 4.78 is 0. The van der Waals surface area contributed by atoms with Crippen molar-refractivity contribution in [2.45, 2.75) is 19.4 Å². The third-order valence-corrected chi connectivity index (χ3v) is 2.57. The molecule has 0 saturated carbocycles. The maximum atomic E-state index is 11.7. The third kappa shape index (κ3) is 2.49. The van der Waals surface area contributed by atoms with E-state index in [4.69, 9.17) is 0 Å². The summed E-state index contributed by atoms with van der Waals surface area (Å²) in [6.07, 6.45) is 0.255. The van der Waals surface area contributed by atoms with Gasteiger partial charge in [0.1, 0.15) is 5.82 Å². The zero-order valence-corrected chi connectivity index (χ0v) is 9.18. The average molecular weight is 221 g/mol. The number of nitrogens with one attached hydrogen (secondary N) is 1. The van der Waals surface area contributed by atoms with Gasteiger partial charge in [0.05, 0.1) is 6.10 Å². The van der Waals surface area contributed by atoms with E-state index in [-0.39, 0.29) is 6.03 Å². The number of aliphatic hydroxyl groups is 1. The Kier molecular flexibility index (Phi) is 3.05. The summed E-state index contributed by atoms with van der Waals surface area (Å²) in [6.45, 7) is 2.87. The molecule has 0 bridgehead atoms. The van der Waals surface area contributed by atoms with Gasteiger partial charge in [0.25, 0.3) is 0 Å². The lowest BCUT2D eigenvalue weighted by molar-refractivity contribution is 0.176. The number of rotatable bonds is 1. The molecule has 0 aliphatic carbocycles. The van der Waals surface area contributed by atoms with Gasteiger partial charge in [-0.15, -0.1) is 0 Å². The Morgan fingerprint density at radius 2 is 2.44 bits per heavy atom. The number of aliphatic hydroxyl groups excluding tert-OH is 1. The molecule has 0 unspecified atom stereocenters. The fourth-order valence-corrected chi connectivity index (χ4v) is 1.73. The summed E-state index contributed by atoms with van der Waals surface area (Å²) in [4.78, 5) is 17.5. The lowest BCUT2D eigenvalue weighted by atomic mass is 10.3. The molecule has 2 amide bonds. The van der Waals surface area contributed by atoms with Crippen LogP contribution in [0.2, 0.25) is 0 Å². The molecule has 1 aromatic heterocycles. The smallest absolute Gasteiger partial charge is 0.323 e. The molecule has 5 heteroatoms. The van der Waals surface area contributed by atoms with Crippen LogP contribution in [0.1, 0.15) is 12.1 Å². The van der Waals surface area contributed by atoms with Crippen molar-refractivity contribution >= 4 is 11.8 Å². The Balaban J connectivity index is 1.97. The molecule has 2 N–H and O–H groups in total. The van der Waals surface area contributed by atoms with Gasteiger partial charge < -0.3 is 10.0 Å². The minimum absolute atomic E-state index is 0.199. The van der Waals surface area contributed by atoms with Gasteiger partial charge in [0, 0.05) is 18.8 Å². The van der Waals surface area contributed by atoms with Crippen molar-refractivity contribution in [1.29, 1.82) is 0 Å².